The summed E-state index contributed by atoms with van der Waals surface area (Å²) in [6, 6.07) is 8.05. The van der Waals surface area contributed by atoms with Crippen molar-refractivity contribution in [1.29, 1.82) is 0 Å². The van der Waals surface area contributed by atoms with Gasteiger partial charge >= 0.3 is 0 Å². The van der Waals surface area contributed by atoms with E-state index in [9.17, 15) is 9.59 Å². The quantitative estimate of drug-likeness (QED) is 0.669. The molecule has 1 fully saturated rings. The van der Waals surface area contributed by atoms with Crippen molar-refractivity contribution in [3.63, 3.8) is 0 Å². The van der Waals surface area contributed by atoms with Crippen molar-refractivity contribution in [1.82, 2.24) is 5.32 Å². The molecular weight excluding hydrogens is 254 g/mol. The summed E-state index contributed by atoms with van der Waals surface area (Å²) in [5.74, 6) is -0.0549. The average molecular weight is 276 g/mol. The molecular formula is C15H22N3O2+. The summed E-state index contributed by atoms with van der Waals surface area (Å²) in [7, 11) is 1.85. The maximum absolute atomic E-state index is 11.9. The molecule has 1 aromatic rings. The molecule has 0 saturated heterocycles. The fourth-order valence-corrected chi connectivity index (χ4v) is 2.05. The van der Waals surface area contributed by atoms with Gasteiger partial charge in [0.15, 0.2) is 13.1 Å². The molecule has 2 amide bonds. The summed E-state index contributed by atoms with van der Waals surface area (Å²) < 4.78 is 0. The summed E-state index contributed by atoms with van der Waals surface area (Å²) in [4.78, 5) is 24.4. The largest absolute Gasteiger partial charge is 0.348 e. The van der Waals surface area contributed by atoms with E-state index in [0.29, 0.717) is 12.6 Å². The third-order valence-corrected chi connectivity index (χ3v) is 3.17. The highest BCUT2D eigenvalue weighted by Crippen LogP contribution is 2.17. The van der Waals surface area contributed by atoms with E-state index in [1.165, 1.54) is 0 Å². The van der Waals surface area contributed by atoms with Crippen LogP contribution < -0.4 is 15.5 Å². The topological polar surface area (TPSA) is 62.6 Å². The molecule has 5 heteroatoms. The fourth-order valence-electron chi connectivity index (χ4n) is 2.05. The second-order valence-electron chi connectivity index (χ2n) is 5.57. The lowest BCUT2D eigenvalue weighted by atomic mass is 10.2. The number of likely N-dealkylation sites (N-methyl/N-ethyl adjacent to an activating group) is 1. The smallest absolute Gasteiger partial charge is 0.279 e. The predicted molar refractivity (Wildman–Crippen MR) is 77.6 cm³/mol. The van der Waals surface area contributed by atoms with Crippen molar-refractivity contribution in [3.05, 3.63) is 29.8 Å². The number of carbonyl (C=O) groups is 2. The highest BCUT2D eigenvalue weighted by atomic mass is 16.2. The van der Waals surface area contributed by atoms with Gasteiger partial charge in [0.05, 0.1) is 7.05 Å². The highest BCUT2D eigenvalue weighted by Gasteiger charge is 2.24. The zero-order valence-electron chi connectivity index (χ0n) is 12.0. The van der Waals surface area contributed by atoms with Crippen LogP contribution in [0.25, 0.3) is 0 Å². The van der Waals surface area contributed by atoms with Crippen LogP contribution in [0.1, 0.15) is 18.4 Å². The Morgan fingerprint density at radius 3 is 2.60 bits per heavy atom. The average Bonchev–Trinajstić information content (AvgIpc) is 3.11. The van der Waals surface area contributed by atoms with Crippen LogP contribution in [0.5, 0.6) is 0 Å². The van der Waals surface area contributed by atoms with E-state index in [-0.39, 0.29) is 18.4 Å². The number of benzene rings is 1. The maximum Gasteiger partial charge on any atom is 0.279 e. The van der Waals surface area contributed by atoms with Crippen LogP contribution in [-0.2, 0) is 9.59 Å². The summed E-state index contributed by atoms with van der Waals surface area (Å²) in [5.41, 5.74) is 1.90. The number of amides is 2. The minimum absolute atomic E-state index is 0.0216. The molecule has 5 nitrogen and oxygen atoms in total. The summed E-state index contributed by atoms with van der Waals surface area (Å²) in [6.07, 6.45) is 2.16. The minimum Gasteiger partial charge on any atom is -0.348 e. The van der Waals surface area contributed by atoms with E-state index in [1.807, 2.05) is 38.2 Å². The Kier molecular flexibility index (Phi) is 4.74. The van der Waals surface area contributed by atoms with E-state index in [1.54, 1.807) is 0 Å². The zero-order valence-corrected chi connectivity index (χ0v) is 12.0. The van der Waals surface area contributed by atoms with Gasteiger partial charge in [0, 0.05) is 11.7 Å². The van der Waals surface area contributed by atoms with Crippen LogP contribution >= 0.6 is 0 Å². The summed E-state index contributed by atoms with van der Waals surface area (Å²) in [6.45, 7) is 2.60. The Balaban J connectivity index is 1.74. The van der Waals surface area contributed by atoms with Crippen molar-refractivity contribution in [2.24, 2.45) is 0 Å². The number of rotatable bonds is 6. The van der Waals surface area contributed by atoms with Gasteiger partial charge in [-0.2, -0.15) is 0 Å². The SMILES string of the molecule is Cc1cccc(NC(=O)C[NH+](C)CC(=O)NC2CC2)c1. The Labute approximate surface area is 119 Å². The molecule has 0 heterocycles. The number of nitrogens with one attached hydrogen (secondary N) is 3. The summed E-state index contributed by atoms with van der Waals surface area (Å²) in [5, 5.41) is 5.77. The van der Waals surface area contributed by atoms with Crippen molar-refractivity contribution in [3.8, 4) is 0 Å². The molecule has 1 saturated carbocycles. The maximum atomic E-state index is 11.9. The van der Waals surface area contributed by atoms with Crippen molar-refractivity contribution >= 4 is 17.5 Å². The van der Waals surface area contributed by atoms with E-state index >= 15 is 0 Å². The van der Waals surface area contributed by atoms with Crippen molar-refractivity contribution < 1.29 is 14.5 Å². The standard InChI is InChI=1S/C15H21N3O2/c1-11-4-3-5-13(8-11)17-15(20)10-18(2)9-14(19)16-12-6-7-12/h3-5,8,12H,6-7,9-10H2,1-2H3,(H,16,19)(H,17,20)/p+1. The Hall–Kier alpha value is -1.88. The molecule has 1 aliphatic carbocycles. The van der Waals surface area contributed by atoms with Crippen LogP contribution in [0.15, 0.2) is 24.3 Å². The van der Waals surface area contributed by atoms with Crippen molar-refractivity contribution in [2.75, 3.05) is 25.5 Å². The van der Waals surface area contributed by atoms with Gasteiger partial charge in [0.25, 0.3) is 11.8 Å². The van der Waals surface area contributed by atoms with Crippen LogP contribution in [-0.4, -0.2) is 38.0 Å². The molecule has 1 aliphatic rings. The number of aryl methyl sites for hydroxylation is 1. The molecule has 20 heavy (non-hydrogen) atoms. The molecule has 3 N–H and O–H groups in total. The number of hydrogen-bond donors (Lipinski definition) is 3. The third kappa shape index (κ3) is 5.01. The van der Waals surface area contributed by atoms with E-state index < -0.39 is 0 Å². The van der Waals surface area contributed by atoms with Crippen LogP contribution in [0.4, 0.5) is 5.69 Å². The molecule has 0 bridgehead atoms. The lowest BCUT2D eigenvalue weighted by Crippen LogP contribution is -3.11. The molecule has 108 valence electrons. The van der Waals surface area contributed by atoms with Gasteiger partial charge in [-0.05, 0) is 37.5 Å². The number of carbonyl (C=O) groups excluding carboxylic acids is 2. The monoisotopic (exact) mass is 276 g/mol. The van der Waals surface area contributed by atoms with Gasteiger partial charge in [-0.1, -0.05) is 12.1 Å². The number of anilines is 1. The lowest BCUT2D eigenvalue weighted by Gasteiger charge is -2.13. The second-order valence-corrected chi connectivity index (χ2v) is 5.57. The fraction of sp³-hybridized carbons (Fsp3) is 0.467. The van der Waals surface area contributed by atoms with Gasteiger partial charge in [0.1, 0.15) is 0 Å². The zero-order chi connectivity index (χ0) is 14.5. The van der Waals surface area contributed by atoms with E-state index in [4.69, 9.17) is 0 Å². The number of quaternary nitrogens is 1. The first-order valence-corrected chi connectivity index (χ1v) is 7.00. The van der Waals surface area contributed by atoms with Gasteiger partial charge in [-0.25, -0.2) is 0 Å². The van der Waals surface area contributed by atoms with E-state index in [2.05, 4.69) is 10.6 Å². The van der Waals surface area contributed by atoms with Gasteiger partial charge in [-0.15, -0.1) is 0 Å². The number of hydrogen-bond acceptors (Lipinski definition) is 2. The third-order valence-electron chi connectivity index (χ3n) is 3.17. The molecule has 0 aliphatic heterocycles. The van der Waals surface area contributed by atoms with Crippen LogP contribution in [0.3, 0.4) is 0 Å². The lowest BCUT2D eigenvalue weighted by molar-refractivity contribution is -0.862. The molecule has 1 atom stereocenters. The first-order valence-electron chi connectivity index (χ1n) is 7.00. The molecule has 1 unspecified atom stereocenters. The van der Waals surface area contributed by atoms with Gasteiger partial charge in [-0.3, -0.25) is 9.59 Å². The normalized spacial score (nSPS) is 15.5. The molecule has 0 aromatic heterocycles. The molecule has 1 aromatic carbocycles. The predicted octanol–water partition coefficient (Wildman–Crippen LogP) is -0.273. The van der Waals surface area contributed by atoms with E-state index in [0.717, 1.165) is 29.0 Å². The Morgan fingerprint density at radius 2 is 1.95 bits per heavy atom. The second kappa shape index (κ2) is 6.52. The molecule has 0 radical (unpaired) electrons. The first-order chi connectivity index (χ1) is 9.52. The van der Waals surface area contributed by atoms with Gasteiger partial charge in [0.2, 0.25) is 0 Å². The van der Waals surface area contributed by atoms with Crippen molar-refractivity contribution in [2.45, 2.75) is 25.8 Å². The Morgan fingerprint density at radius 1 is 1.25 bits per heavy atom. The summed E-state index contributed by atoms with van der Waals surface area (Å²) >= 11 is 0. The first kappa shape index (κ1) is 14.5. The van der Waals surface area contributed by atoms with Gasteiger partial charge < -0.3 is 15.5 Å². The molecule has 2 rings (SSSR count). The highest BCUT2D eigenvalue weighted by molar-refractivity contribution is 5.91. The Bertz CT molecular complexity index is 498. The van der Waals surface area contributed by atoms with Crippen LogP contribution in [0, 0.1) is 6.92 Å². The van der Waals surface area contributed by atoms with Crippen LogP contribution in [0.2, 0.25) is 0 Å². The molecule has 0 spiro atoms. The minimum atomic E-state index is -0.0766.